The van der Waals surface area contributed by atoms with Crippen molar-refractivity contribution in [3.63, 3.8) is 0 Å². The number of hydrogen-bond acceptors (Lipinski definition) is 4. The Morgan fingerprint density at radius 1 is 1.42 bits per heavy atom. The van der Waals surface area contributed by atoms with E-state index in [-0.39, 0.29) is 0 Å². The first-order valence-corrected chi connectivity index (χ1v) is 6.89. The van der Waals surface area contributed by atoms with E-state index >= 15 is 0 Å². The number of nitrogens with zero attached hydrogens (tertiary/aromatic N) is 1. The van der Waals surface area contributed by atoms with Crippen molar-refractivity contribution >= 4 is 0 Å². The third-order valence-electron chi connectivity index (χ3n) is 4.09. The average Bonchev–Trinajstić information content (AvgIpc) is 2.69. The predicted molar refractivity (Wildman–Crippen MR) is 72.4 cm³/mol. The molecule has 1 atom stereocenters. The Labute approximate surface area is 113 Å². The number of hydrogen-bond donors (Lipinski definition) is 1. The fourth-order valence-electron chi connectivity index (χ4n) is 2.68. The molecule has 4 nitrogen and oxygen atoms in total. The van der Waals surface area contributed by atoms with E-state index in [1.54, 1.807) is 0 Å². The highest BCUT2D eigenvalue weighted by molar-refractivity contribution is 5.31. The third-order valence-corrected chi connectivity index (χ3v) is 4.09. The monoisotopic (exact) mass is 263 g/mol. The maximum Gasteiger partial charge on any atom is 0.122 e. The minimum atomic E-state index is -0.724. The minimum absolute atomic E-state index is 0.363. The van der Waals surface area contributed by atoms with Gasteiger partial charge in [0.2, 0.25) is 0 Å². The molecule has 1 aromatic carbocycles. The van der Waals surface area contributed by atoms with E-state index in [4.69, 9.17) is 9.47 Å². The minimum Gasteiger partial charge on any atom is -0.490 e. The molecule has 3 rings (SSSR count). The Hall–Kier alpha value is -1.10. The van der Waals surface area contributed by atoms with Crippen molar-refractivity contribution in [1.29, 1.82) is 0 Å². The van der Waals surface area contributed by atoms with Crippen molar-refractivity contribution in [2.45, 2.75) is 25.0 Å². The van der Waals surface area contributed by atoms with Crippen LogP contribution in [0.4, 0.5) is 0 Å². The summed E-state index contributed by atoms with van der Waals surface area (Å²) in [5.41, 5.74) is 0.381. The summed E-state index contributed by atoms with van der Waals surface area (Å²) in [6.45, 7) is 5.60. The highest BCUT2D eigenvalue weighted by atomic mass is 16.5. The highest BCUT2D eigenvalue weighted by Gasteiger charge is 2.41. The molecule has 0 aliphatic carbocycles. The van der Waals surface area contributed by atoms with E-state index in [1.807, 2.05) is 31.2 Å². The zero-order valence-electron chi connectivity index (χ0n) is 11.3. The molecular formula is C15H21NO3. The number of β-amino-alcohol motifs (C(OH)–C–C–N with tert-alkyl or cyclic N) is 1. The molecule has 1 unspecified atom stereocenters. The van der Waals surface area contributed by atoms with Gasteiger partial charge in [-0.25, -0.2) is 0 Å². The van der Waals surface area contributed by atoms with E-state index in [0.29, 0.717) is 19.2 Å². The summed E-state index contributed by atoms with van der Waals surface area (Å²) in [5.74, 6) is 0.862. The zero-order chi connectivity index (χ0) is 13.3. The summed E-state index contributed by atoms with van der Waals surface area (Å²) >= 11 is 0. The van der Waals surface area contributed by atoms with Crippen molar-refractivity contribution in [2.75, 3.05) is 32.9 Å². The summed E-state index contributed by atoms with van der Waals surface area (Å²) in [7, 11) is 0. The van der Waals surface area contributed by atoms with Crippen LogP contribution >= 0.6 is 0 Å². The van der Waals surface area contributed by atoms with Crippen LogP contribution in [0.25, 0.3) is 0 Å². The molecule has 19 heavy (non-hydrogen) atoms. The van der Waals surface area contributed by atoms with Gasteiger partial charge in [-0.1, -0.05) is 18.2 Å². The van der Waals surface area contributed by atoms with Crippen LogP contribution in [0.1, 0.15) is 12.0 Å². The van der Waals surface area contributed by atoms with Gasteiger partial charge in [-0.3, -0.25) is 4.90 Å². The third kappa shape index (κ3) is 2.76. The van der Waals surface area contributed by atoms with Crippen molar-refractivity contribution < 1.29 is 14.6 Å². The van der Waals surface area contributed by atoms with Crippen molar-refractivity contribution in [2.24, 2.45) is 0 Å². The molecule has 0 saturated carbocycles. The molecule has 0 bridgehead atoms. The fourth-order valence-corrected chi connectivity index (χ4v) is 2.68. The Bertz CT molecular complexity index is 447. The van der Waals surface area contributed by atoms with Gasteiger partial charge < -0.3 is 14.6 Å². The first kappa shape index (κ1) is 12.9. The van der Waals surface area contributed by atoms with E-state index in [1.165, 1.54) is 0 Å². The van der Waals surface area contributed by atoms with Crippen molar-refractivity contribution in [3.05, 3.63) is 29.8 Å². The Morgan fingerprint density at radius 3 is 2.89 bits per heavy atom. The first-order chi connectivity index (χ1) is 9.16. The summed E-state index contributed by atoms with van der Waals surface area (Å²) in [6, 6.07) is 8.41. The maximum absolute atomic E-state index is 10.6. The van der Waals surface area contributed by atoms with Gasteiger partial charge >= 0.3 is 0 Å². The molecule has 2 saturated heterocycles. The number of likely N-dealkylation sites (tertiary alicyclic amines) is 1. The number of rotatable bonds is 4. The number of para-hydroxylation sites is 1. The molecule has 0 radical (unpaired) electrons. The van der Waals surface area contributed by atoms with Crippen LogP contribution < -0.4 is 4.74 Å². The van der Waals surface area contributed by atoms with Gasteiger partial charge in [-0.2, -0.15) is 0 Å². The smallest absolute Gasteiger partial charge is 0.122 e. The van der Waals surface area contributed by atoms with Gasteiger partial charge in [0.1, 0.15) is 18.0 Å². The molecule has 0 spiro atoms. The normalized spacial score (nSPS) is 28.3. The largest absolute Gasteiger partial charge is 0.490 e. The predicted octanol–water partition coefficient (Wildman–Crippen LogP) is 1.21. The van der Waals surface area contributed by atoms with Gasteiger partial charge in [-0.05, 0) is 25.0 Å². The molecule has 1 aromatic rings. The molecule has 104 valence electrons. The van der Waals surface area contributed by atoms with Crippen LogP contribution in [0.2, 0.25) is 0 Å². The molecule has 0 aromatic heterocycles. The second-order valence-corrected chi connectivity index (χ2v) is 5.69. The Balaban J connectivity index is 1.56. The standard InChI is InChI=1S/C15H21NO3/c1-12-4-2-3-5-14(12)19-11-15(17)6-7-16(10-15)13-8-18-9-13/h2-5,13,17H,6-11H2,1H3. The number of ether oxygens (including phenoxy) is 2. The van der Waals surface area contributed by atoms with Crippen LogP contribution in [-0.2, 0) is 4.74 Å². The van der Waals surface area contributed by atoms with Crippen LogP contribution in [0.3, 0.4) is 0 Å². The molecule has 1 N–H and O–H groups in total. The average molecular weight is 263 g/mol. The second kappa shape index (κ2) is 5.12. The van der Waals surface area contributed by atoms with Gasteiger partial charge in [-0.15, -0.1) is 0 Å². The van der Waals surface area contributed by atoms with E-state index in [2.05, 4.69) is 4.90 Å². The molecule has 4 heteroatoms. The van der Waals surface area contributed by atoms with Crippen LogP contribution in [0.15, 0.2) is 24.3 Å². The van der Waals surface area contributed by atoms with Crippen LogP contribution in [0, 0.1) is 6.92 Å². The summed E-state index contributed by atoms with van der Waals surface area (Å²) in [5, 5.41) is 10.6. The van der Waals surface area contributed by atoms with E-state index < -0.39 is 5.60 Å². The SMILES string of the molecule is Cc1ccccc1OCC1(O)CCN(C2COC2)C1. The summed E-state index contributed by atoms with van der Waals surface area (Å²) in [6.07, 6.45) is 0.773. The van der Waals surface area contributed by atoms with E-state index in [0.717, 1.165) is 37.5 Å². The number of benzene rings is 1. The number of aliphatic hydroxyl groups is 1. The molecule has 2 aliphatic heterocycles. The summed E-state index contributed by atoms with van der Waals surface area (Å²) < 4.78 is 11.0. The van der Waals surface area contributed by atoms with Crippen molar-refractivity contribution in [1.82, 2.24) is 4.90 Å². The summed E-state index contributed by atoms with van der Waals surface area (Å²) in [4.78, 5) is 2.31. The topological polar surface area (TPSA) is 41.9 Å². The number of aryl methyl sites for hydroxylation is 1. The van der Waals surface area contributed by atoms with Crippen molar-refractivity contribution in [3.8, 4) is 5.75 Å². The van der Waals surface area contributed by atoms with Gasteiger partial charge in [0.15, 0.2) is 0 Å². The Morgan fingerprint density at radius 2 is 2.21 bits per heavy atom. The lowest BCUT2D eigenvalue weighted by molar-refractivity contribution is -0.0698. The Kier molecular flexibility index (Phi) is 3.48. The van der Waals surface area contributed by atoms with Crippen LogP contribution in [0.5, 0.6) is 5.75 Å². The van der Waals surface area contributed by atoms with Crippen LogP contribution in [-0.4, -0.2) is 54.6 Å². The van der Waals surface area contributed by atoms with Gasteiger partial charge in [0.25, 0.3) is 0 Å². The fraction of sp³-hybridized carbons (Fsp3) is 0.600. The quantitative estimate of drug-likeness (QED) is 0.886. The molecule has 2 fully saturated rings. The van der Waals surface area contributed by atoms with Gasteiger partial charge in [0, 0.05) is 13.1 Å². The molecule has 2 aliphatic rings. The lowest BCUT2D eigenvalue weighted by Gasteiger charge is -2.35. The second-order valence-electron chi connectivity index (χ2n) is 5.69. The van der Waals surface area contributed by atoms with Gasteiger partial charge in [0.05, 0.1) is 19.3 Å². The first-order valence-electron chi connectivity index (χ1n) is 6.89. The van der Waals surface area contributed by atoms with E-state index in [9.17, 15) is 5.11 Å². The zero-order valence-corrected chi connectivity index (χ0v) is 11.3. The highest BCUT2D eigenvalue weighted by Crippen LogP contribution is 2.27. The molecular weight excluding hydrogens is 242 g/mol. The lowest BCUT2D eigenvalue weighted by Crippen LogP contribution is -2.50. The molecule has 2 heterocycles. The maximum atomic E-state index is 10.6. The molecule has 0 amide bonds. The lowest BCUT2D eigenvalue weighted by atomic mass is 10.1.